The first kappa shape index (κ1) is 24.8. The van der Waals surface area contributed by atoms with Gasteiger partial charge in [-0.05, 0) is 72.8 Å². The summed E-state index contributed by atoms with van der Waals surface area (Å²) in [6, 6.07) is 24.3. The maximum atomic E-state index is 13.0. The Morgan fingerprint density at radius 1 is 0.946 bits per heavy atom. The molecule has 3 aromatic carbocycles. The number of carbonyl (C=O) groups excluding carboxylic acids is 2. The molecule has 0 radical (unpaired) electrons. The summed E-state index contributed by atoms with van der Waals surface area (Å²) >= 11 is 0. The molecule has 1 N–H and O–H groups in total. The minimum absolute atomic E-state index is 0.0563. The van der Waals surface area contributed by atoms with E-state index in [9.17, 15) is 9.59 Å². The number of ether oxygens (including phenoxy) is 3. The van der Waals surface area contributed by atoms with Crippen LogP contribution in [0.15, 0.2) is 78.9 Å². The van der Waals surface area contributed by atoms with Crippen LogP contribution in [-0.4, -0.2) is 49.8 Å². The van der Waals surface area contributed by atoms with Gasteiger partial charge in [0.05, 0.1) is 18.7 Å². The molecule has 0 saturated carbocycles. The highest BCUT2D eigenvalue weighted by Crippen LogP contribution is 2.30. The molecule has 0 aromatic heterocycles. The highest BCUT2D eigenvalue weighted by molar-refractivity contribution is 5.89. The summed E-state index contributed by atoms with van der Waals surface area (Å²) in [7, 11) is 1.36. The van der Waals surface area contributed by atoms with Crippen molar-refractivity contribution < 1.29 is 23.8 Å². The number of hydrogen-bond donors (Lipinski definition) is 1. The lowest BCUT2D eigenvalue weighted by Crippen LogP contribution is -2.52. The molecule has 37 heavy (non-hydrogen) atoms. The van der Waals surface area contributed by atoms with E-state index in [0.29, 0.717) is 23.8 Å². The van der Waals surface area contributed by atoms with Gasteiger partial charge in [0.1, 0.15) is 18.5 Å². The summed E-state index contributed by atoms with van der Waals surface area (Å²) in [6.07, 6.45) is 1.72. The van der Waals surface area contributed by atoms with E-state index in [4.69, 9.17) is 14.2 Å². The van der Waals surface area contributed by atoms with Crippen molar-refractivity contribution in [3.05, 3.63) is 101 Å². The second kappa shape index (κ2) is 11.5. The van der Waals surface area contributed by atoms with Crippen LogP contribution >= 0.6 is 0 Å². The zero-order chi connectivity index (χ0) is 25.6. The number of amides is 1. The molecule has 1 amide bonds. The number of benzene rings is 3. The average molecular weight is 501 g/mol. The van der Waals surface area contributed by atoms with Crippen LogP contribution in [0, 0.1) is 5.92 Å². The molecule has 2 bridgehead atoms. The van der Waals surface area contributed by atoms with E-state index < -0.39 is 6.09 Å². The van der Waals surface area contributed by atoms with Gasteiger partial charge in [-0.15, -0.1) is 0 Å². The van der Waals surface area contributed by atoms with Crippen LogP contribution in [0.2, 0.25) is 0 Å². The van der Waals surface area contributed by atoms with Gasteiger partial charge in [-0.25, -0.2) is 9.59 Å². The Labute approximate surface area is 217 Å². The lowest BCUT2D eigenvalue weighted by molar-refractivity contribution is -0.0336. The quantitative estimate of drug-likeness (QED) is 0.441. The Hall–Kier alpha value is -3.84. The first-order chi connectivity index (χ1) is 18.1. The normalized spacial score (nSPS) is 21.1. The van der Waals surface area contributed by atoms with Crippen molar-refractivity contribution in [1.29, 1.82) is 0 Å². The highest BCUT2D eigenvalue weighted by Gasteiger charge is 2.36. The predicted octanol–water partition coefficient (Wildman–Crippen LogP) is 4.96. The molecule has 3 aliphatic rings. The van der Waals surface area contributed by atoms with E-state index >= 15 is 0 Å². The third-order valence-corrected chi connectivity index (χ3v) is 7.22. The largest absolute Gasteiger partial charge is 0.489 e. The number of carbonyl (C=O) groups is 2. The van der Waals surface area contributed by atoms with Gasteiger partial charge in [0, 0.05) is 6.54 Å². The number of nitrogens with zero attached hydrogens (tertiary/aromatic N) is 1. The van der Waals surface area contributed by atoms with Crippen LogP contribution in [0.25, 0.3) is 0 Å². The summed E-state index contributed by atoms with van der Waals surface area (Å²) < 4.78 is 16.7. The van der Waals surface area contributed by atoms with Gasteiger partial charge in [-0.3, -0.25) is 4.90 Å². The van der Waals surface area contributed by atoms with E-state index in [1.54, 1.807) is 12.1 Å². The van der Waals surface area contributed by atoms with E-state index in [-0.39, 0.29) is 18.1 Å². The summed E-state index contributed by atoms with van der Waals surface area (Å²) in [5, 5.41) is 3.10. The van der Waals surface area contributed by atoms with Gasteiger partial charge < -0.3 is 19.5 Å². The van der Waals surface area contributed by atoms with Gasteiger partial charge in [-0.2, -0.15) is 0 Å². The SMILES string of the molecule is COC(=O)c1ccc(COc2cccc([C@@H](NC(=O)OC3CN4CCC3CC4)c3ccccc3)c2)cc1. The Kier molecular flexibility index (Phi) is 7.70. The van der Waals surface area contributed by atoms with Crippen molar-refractivity contribution in [3.63, 3.8) is 0 Å². The fourth-order valence-electron chi connectivity index (χ4n) is 5.14. The van der Waals surface area contributed by atoms with Crippen molar-refractivity contribution >= 4 is 12.1 Å². The molecule has 2 atom stereocenters. The number of alkyl carbamates (subject to hydrolysis) is 1. The van der Waals surface area contributed by atoms with Gasteiger partial charge in [0.2, 0.25) is 0 Å². The molecule has 7 heteroatoms. The maximum absolute atomic E-state index is 13.0. The Bertz CT molecular complexity index is 1210. The van der Waals surface area contributed by atoms with Crippen molar-refractivity contribution in [2.75, 3.05) is 26.7 Å². The molecular formula is C30H32N2O5. The highest BCUT2D eigenvalue weighted by atomic mass is 16.6. The number of rotatable bonds is 8. The van der Waals surface area contributed by atoms with E-state index in [2.05, 4.69) is 10.2 Å². The van der Waals surface area contributed by atoms with Crippen molar-refractivity contribution in [1.82, 2.24) is 10.2 Å². The zero-order valence-corrected chi connectivity index (χ0v) is 21.0. The molecule has 3 aliphatic heterocycles. The number of hydrogen-bond acceptors (Lipinski definition) is 6. The van der Waals surface area contributed by atoms with E-state index in [1.165, 1.54) is 7.11 Å². The fraction of sp³-hybridized carbons (Fsp3) is 0.333. The van der Waals surface area contributed by atoms with Crippen LogP contribution in [0.4, 0.5) is 4.79 Å². The minimum atomic E-state index is -0.398. The molecule has 7 nitrogen and oxygen atoms in total. The summed E-state index contributed by atoms with van der Waals surface area (Å²) in [5.74, 6) is 0.763. The lowest BCUT2D eigenvalue weighted by atomic mass is 9.86. The van der Waals surface area contributed by atoms with Crippen LogP contribution < -0.4 is 10.1 Å². The third-order valence-electron chi connectivity index (χ3n) is 7.22. The zero-order valence-electron chi connectivity index (χ0n) is 21.0. The molecule has 6 rings (SSSR count). The smallest absolute Gasteiger partial charge is 0.408 e. The van der Waals surface area contributed by atoms with Gasteiger partial charge in [0.25, 0.3) is 0 Å². The fourth-order valence-corrected chi connectivity index (χ4v) is 5.14. The van der Waals surface area contributed by atoms with Gasteiger partial charge >= 0.3 is 12.1 Å². The second-order valence-electron chi connectivity index (χ2n) is 9.62. The Morgan fingerprint density at radius 3 is 2.35 bits per heavy atom. The molecule has 3 heterocycles. The van der Waals surface area contributed by atoms with Crippen LogP contribution in [0.1, 0.15) is 45.9 Å². The third kappa shape index (κ3) is 6.12. The van der Waals surface area contributed by atoms with Crippen LogP contribution in [0.3, 0.4) is 0 Å². The molecule has 3 aromatic rings. The number of piperidine rings is 3. The lowest BCUT2D eigenvalue weighted by Gasteiger charge is -2.43. The molecule has 3 saturated heterocycles. The number of esters is 1. The van der Waals surface area contributed by atoms with Crippen LogP contribution in [0.5, 0.6) is 5.75 Å². The number of nitrogens with one attached hydrogen (secondary N) is 1. The average Bonchev–Trinajstić information content (AvgIpc) is 2.96. The molecule has 1 unspecified atom stereocenters. The molecule has 192 valence electrons. The Morgan fingerprint density at radius 2 is 1.68 bits per heavy atom. The maximum Gasteiger partial charge on any atom is 0.408 e. The first-order valence-corrected chi connectivity index (χ1v) is 12.7. The molecule has 0 spiro atoms. The van der Waals surface area contributed by atoms with E-state index in [1.807, 2.05) is 66.7 Å². The second-order valence-corrected chi connectivity index (χ2v) is 9.62. The monoisotopic (exact) mass is 500 g/mol. The predicted molar refractivity (Wildman–Crippen MR) is 139 cm³/mol. The Balaban J connectivity index is 1.27. The minimum Gasteiger partial charge on any atom is -0.489 e. The number of fused-ring (bicyclic) bond motifs is 3. The molecular weight excluding hydrogens is 468 g/mol. The van der Waals surface area contributed by atoms with Crippen molar-refractivity contribution in [2.45, 2.75) is 31.6 Å². The van der Waals surface area contributed by atoms with Crippen molar-refractivity contribution in [2.24, 2.45) is 5.92 Å². The summed E-state index contributed by atoms with van der Waals surface area (Å²) in [6.45, 7) is 3.36. The van der Waals surface area contributed by atoms with E-state index in [0.717, 1.165) is 49.2 Å². The van der Waals surface area contributed by atoms with Gasteiger partial charge in [-0.1, -0.05) is 54.6 Å². The molecule has 3 fully saturated rings. The van der Waals surface area contributed by atoms with Crippen molar-refractivity contribution in [3.8, 4) is 5.75 Å². The standard InChI is InChI=1S/C30H32N2O5/c1-35-29(33)24-12-10-21(11-13-24)20-36-26-9-5-8-25(18-26)28(23-6-3-2-4-7-23)31-30(34)37-27-19-32-16-14-22(27)15-17-32/h2-13,18,22,27-28H,14-17,19-20H2,1H3,(H,31,34)/t27?,28-/m0/s1. The topological polar surface area (TPSA) is 77.1 Å². The summed E-state index contributed by atoms with van der Waals surface area (Å²) in [4.78, 5) is 27.0. The number of methoxy groups -OCH3 is 1. The molecule has 0 aliphatic carbocycles. The van der Waals surface area contributed by atoms with Crippen LogP contribution in [-0.2, 0) is 16.1 Å². The van der Waals surface area contributed by atoms with Gasteiger partial charge in [0.15, 0.2) is 0 Å². The first-order valence-electron chi connectivity index (χ1n) is 12.7. The summed E-state index contributed by atoms with van der Waals surface area (Å²) in [5.41, 5.74) is 3.28.